The smallest absolute Gasteiger partial charge is 0.170 e. The Labute approximate surface area is 118 Å². The van der Waals surface area contributed by atoms with Crippen LogP contribution >= 0.6 is 0 Å². The minimum absolute atomic E-state index is 0.271. The molecule has 0 bridgehead atoms. The number of halogens is 1. The Kier molecular flexibility index (Phi) is 5.12. The van der Waals surface area contributed by atoms with Gasteiger partial charge in [-0.3, -0.25) is 0 Å². The van der Waals surface area contributed by atoms with E-state index in [0.717, 1.165) is 25.2 Å². The normalized spacial score (nSPS) is 10.8. The van der Waals surface area contributed by atoms with E-state index in [-0.39, 0.29) is 11.6 Å². The van der Waals surface area contributed by atoms with Crippen molar-refractivity contribution in [2.75, 3.05) is 13.7 Å². The minimum Gasteiger partial charge on any atom is -0.494 e. The van der Waals surface area contributed by atoms with E-state index in [1.165, 1.54) is 7.11 Å². The maximum atomic E-state index is 14.0. The predicted octanol–water partition coefficient (Wildman–Crippen LogP) is 2.58. The second kappa shape index (κ2) is 7.05. The van der Waals surface area contributed by atoms with E-state index in [1.807, 2.05) is 10.8 Å². The highest BCUT2D eigenvalue weighted by Gasteiger charge is 2.09. The molecule has 0 aliphatic carbocycles. The fourth-order valence-electron chi connectivity index (χ4n) is 2.01. The van der Waals surface area contributed by atoms with Crippen molar-refractivity contribution in [3.05, 3.63) is 47.8 Å². The molecule has 1 aromatic heterocycles. The Morgan fingerprint density at radius 1 is 1.40 bits per heavy atom. The molecule has 1 aromatic carbocycles. The van der Waals surface area contributed by atoms with Crippen LogP contribution in [0.4, 0.5) is 4.39 Å². The molecule has 4 nitrogen and oxygen atoms in total. The van der Waals surface area contributed by atoms with Crippen LogP contribution in [0.2, 0.25) is 0 Å². The van der Waals surface area contributed by atoms with Gasteiger partial charge in [-0.25, -0.2) is 9.37 Å². The average molecular weight is 277 g/mol. The molecule has 0 saturated heterocycles. The monoisotopic (exact) mass is 277 g/mol. The summed E-state index contributed by atoms with van der Waals surface area (Å²) in [6.45, 7) is 4.28. The molecule has 0 atom stereocenters. The third-order valence-electron chi connectivity index (χ3n) is 3.04. The van der Waals surface area contributed by atoms with Gasteiger partial charge in [-0.05, 0) is 19.0 Å². The summed E-state index contributed by atoms with van der Waals surface area (Å²) in [6.07, 6.45) is 4.75. The summed E-state index contributed by atoms with van der Waals surface area (Å²) < 4.78 is 20.9. The van der Waals surface area contributed by atoms with E-state index in [2.05, 4.69) is 17.2 Å². The van der Waals surface area contributed by atoms with Crippen molar-refractivity contribution < 1.29 is 9.13 Å². The molecular formula is C15H20FN3O. The summed E-state index contributed by atoms with van der Waals surface area (Å²) in [5.41, 5.74) is 1.55. The molecule has 0 fully saturated rings. The summed E-state index contributed by atoms with van der Waals surface area (Å²) in [4.78, 5) is 4.30. The molecule has 0 aliphatic rings. The summed E-state index contributed by atoms with van der Waals surface area (Å²) in [6, 6.07) is 5.16. The van der Waals surface area contributed by atoms with Gasteiger partial charge in [0.05, 0.1) is 25.7 Å². The number of nitrogens with one attached hydrogen (secondary N) is 1. The standard InChI is InChI=1S/C15H20FN3O/c1-3-7-17-8-13-10-19(11-18-13)9-12-5-4-6-14(20-2)15(12)16/h4-6,10-11,17H,3,7-9H2,1-2H3. The van der Waals surface area contributed by atoms with E-state index in [1.54, 1.807) is 24.5 Å². The van der Waals surface area contributed by atoms with Crippen LogP contribution in [0.5, 0.6) is 5.75 Å². The van der Waals surface area contributed by atoms with Crippen molar-refractivity contribution in [3.8, 4) is 5.75 Å². The van der Waals surface area contributed by atoms with Crippen molar-refractivity contribution in [1.82, 2.24) is 14.9 Å². The van der Waals surface area contributed by atoms with Gasteiger partial charge in [0.1, 0.15) is 0 Å². The second-order valence-electron chi connectivity index (χ2n) is 4.65. The van der Waals surface area contributed by atoms with Crippen molar-refractivity contribution in [1.29, 1.82) is 0 Å². The Bertz CT molecular complexity index is 554. The summed E-state index contributed by atoms with van der Waals surface area (Å²) in [5, 5.41) is 3.29. The summed E-state index contributed by atoms with van der Waals surface area (Å²) in [5.74, 6) is -0.0400. The molecule has 20 heavy (non-hydrogen) atoms. The quantitative estimate of drug-likeness (QED) is 0.791. The molecule has 5 heteroatoms. The van der Waals surface area contributed by atoms with Crippen LogP contribution in [0.25, 0.3) is 0 Å². The zero-order valence-corrected chi connectivity index (χ0v) is 11.9. The number of nitrogens with zero attached hydrogens (tertiary/aromatic N) is 2. The SMILES string of the molecule is CCCNCc1cn(Cc2cccc(OC)c2F)cn1. The lowest BCUT2D eigenvalue weighted by Gasteiger charge is -2.07. The Morgan fingerprint density at radius 2 is 2.25 bits per heavy atom. The van der Waals surface area contributed by atoms with Gasteiger partial charge in [0, 0.05) is 18.3 Å². The van der Waals surface area contributed by atoms with Crippen LogP contribution in [0.1, 0.15) is 24.6 Å². The molecule has 0 radical (unpaired) electrons. The zero-order chi connectivity index (χ0) is 14.4. The highest BCUT2D eigenvalue weighted by molar-refractivity contribution is 5.31. The lowest BCUT2D eigenvalue weighted by molar-refractivity contribution is 0.383. The molecule has 0 amide bonds. The lowest BCUT2D eigenvalue weighted by atomic mass is 10.2. The van der Waals surface area contributed by atoms with Gasteiger partial charge < -0.3 is 14.6 Å². The van der Waals surface area contributed by atoms with Crippen LogP contribution in [-0.4, -0.2) is 23.2 Å². The number of aromatic nitrogens is 2. The molecule has 2 rings (SSSR count). The maximum Gasteiger partial charge on any atom is 0.170 e. The summed E-state index contributed by atoms with van der Waals surface area (Å²) >= 11 is 0. The van der Waals surface area contributed by atoms with Crippen molar-refractivity contribution in [2.24, 2.45) is 0 Å². The van der Waals surface area contributed by atoms with Gasteiger partial charge in [-0.15, -0.1) is 0 Å². The van der Waals surface area contributed by atoms with Crippen LogP contribution in [0.15, 0.2) is 30.7 Å². The van der Waals surface area contributed by atoms with Crippen LogP contribution in [0.3, 0.4) is 0 Å². The molecule has 0 aliphatic heterocycles. The van der Waals surface area contributed by atoms with Gasteiger partial charge in [0.15, 0.2) is 11.6 Å². The Morgan fingerprint density at radius 3 is 3.00 bits per heavy atom. The fraction of sp³-hybridized carbons (Fsp3) is 0.400. The van der Waals surface area contributed by atoms with Gasteiger partial charge in [0.25, 0.3) is 0 Å². The molecule has 108 valence electrons. The molecule has 1 heterocycles. The first-order valence-corrected chi connectivity index (χ1v) is 6.77. The molecule has 0 spiro atoms. The number of rotatable bonds is 7. The molecule has 2 aromatic rings. The summed E-state index contributed by atoms with van der Waals surface area (Å²) in [7, 11) is 1.47. The fourth-order valence-corrected chi connectivity index (χ4v) is 2.01. The highest BCUT2D eigenvalue weighted by Crippen LogP contribution is 2.20. The number of ether oxygens (including phenoxy) is 1. The molecule has 1 N–H and O–H groups in total. The number of methoxy groups -OCH3 is 1. The van der Waals surface area contributed by atoms with E-state index in [4.69, 9.17) is 4.74 Å². The Hall–Kier alpha value is -1.88. The molecular weight excluding hydrogens is 257 g/mol. The van der Waals surface area contributed by atoms with E-state index in [0.29, 0.717) is 12.1 Å². The number of hydrogen-bond donors (Lipinski definition) is 1. The average Bonchev–Trinajstić information content (AvgIpc) is 2.89. The first kappa shape index (κ1) is 14.5. The van der Waals surface area contributed by atoms with E-state index >= 15 is 0 Å². The first-order chi connectivity index (χ1) is 9.74. The van der Waals surface area contributed by atoms with Crippen molar-refractivity contribution in [3.63, 3.8) is 0 Å². The second-order valence-corrected chi connectivity index (χ2v) is 4.65. The molecule has 0 unspecified atom stereocenters. The topological polar surface area (TPSA) is 39.1 Å². The largest absolute Gasteiger partial charge is 0.494 e. The number of benzene rings is 1. The van der Waals surface area contributed by atoms with E-state index < -0.39 is 0 Å². The first-order valence-electron chi connectivity index (χ1n) is 6.77. The third kappa shape index (κ3) is 3.57. The minimum atomic E-state index is -0.311. The maximum absolute atomic E-state index is 14.0. The number of imidazole rings is 1. The molecule has 0 saturated carbocycles. The van der Waals surface area contributed by atoms with Gasteiger partial charge in [-0.2, -0.15) is 0 Å². The van der Waals surface area contributed by atoms with Crippen molar-refractivity contribution in [2.45, 2.75) is 26.4 Å². The predicted molar refractivity (Wildman–Crippen MR) is 76.3 cm³/mol. The lowest BCUT2D eigenvalue weighted by Crippen LogP contribution is -2.13. The number of hydrogen-bond acceptors (Lipinski definition) is 3. The van der Waals surface area contributed by atoms with Crippen molar-refractivity contribution >= 4 is 0 Å². The van der Waals surface area contributed by atoms with Gasteiger partial charge in [0.2, 0.25) is 0 Å². The third-order valence-corrected chi connectivity index (χ3v) is 3.04. The van der Waals surface area contributed by atoms with Crippen LogP contribution in [-0.2, 0) is 13.1 Å². The van der Waals surface area contributed by atoms with Crippen LogP contribution in [0, 0.1) is 5.82 Å². The van der Waals surface area contributed by atoms with Gasteiger partial charge >= 0.3 is 0 Å². The Balaban J connectivity index is 2.03. The van der Waals surface area contributed by atoms with Crippen LogP contribution < -0.4 is 10.1 Å². The zero-order valence-electron chi connectivity index (χ0n) is 11.9. The van der Waals surface area contributed by atoms with E-state index in [9.17, 15) is 4.39 Å². The van der Waals surface area contributed by atoms with Gasteiger partial charge in [-0.1, -0.05) is 19.1 Å². The highest BCUT2D eigenvalue weighted by atomic mass is 19.1.